The Morgan fingerprint density at radius 3 is 2.85 bits per heavy atom. The van der Waals surface area contributed by atoms with Gasteiger partial charge in [-0.1, -0.05) is 6.07 Å². The summed E-state index contributed by atoms with van der Waals surface area (Å²) in [6.45, 7) is 1.77. The number of likely N-dealkylation sites (N-methyl/N-ethyl adjacent to an activating group) is 1. The third-order valence-corrected chi connectivity index (χ3v) is 5.06. The summed E-state index contributed by atoms with van der Waals surface area (Å²) in [7, 11) is 1.83. The zero-order valence-electron chi connectivity index (χ0n) is 14.0. The highest BCUT2D eigenvalue weighted by atomic mass is 32.1. The molecule has 1 aliphatic heterocycles. The van der Waals surface area contributed by atoms with Crippen LogP contribution >= 0.6 is 11.3 Å². The maximum absolute atomic E-state index is 12.7. The predicted molar refractivity (Wildman–Crippen MR) is 91.8 cm³/mol. The van der Waals surface area contributed by atoms with Crippen LogP contribution in [0.5, 0.6) is 0 Å². The molecule has 0 spiro atoms. The van der Waals surface area contributed by atoms with Gasteiger partial charge in [0, 0.05) is 30.1 Å². The van der Waals surface area contributed by atoms with Crippen molar-refractivity contribution in [2.24, 2.45) is 0 Å². The maximum atomic E-state index is 12.7. The van der Waals surface area contributed by atoms with Crippen molar-refractivity contribution in [3.8, 4) is 0 Å². The largest absolute Gasteiger partial charge is 0.433 e. The van der Waals surface area contributed by atoms with Crippen LogP contribution in [0.2, 0.25) is 0 Å². The summed E-state index contributed by atoms with van der Waals surface area (Å²) in [5, 5.41) is 4.81. The first-order valence-electron chi connectivity index (χ1n) is 7.96. The molecule has 6 nitrogen and oxygen atoms in total. The molecule has 140 valence electrons. The summed E-state index contributed by atoms with van der Waals surface area (Å²) in [6.07, 6.45) is -3.56. The van der Waals surface area contributed by atoms with Crippen LogP contribution in [0, 0.1) is 0 Å². The summed E-state index contributed by atoms with van der Waals surface area (Å²) >= 11 is 1.58. The maximum Gasteiger partial charge on any atom is 0.433 e. The molecule has 0 aliphatic carbocycles. The third-order valence-electron chi connectivity index (χ3n) is 4.19. The predicted octanol–water partition coefficient (Wildman–Crippen LogP) is 1.99. The zero-order chi connectivity index (χ0) is 18.7. The lowest BCUT2D eigenvalue weighted by molar-refractivity contribution is -0.141. The Hall–Kier alpha value is -2.20. The second kappa shape index (κ2) is 7.58. The van der Waals surface area contributed by atoms with Crippen molar-refractivity contribution in [1.29, 1.82) is 0 Å². The van der Waals surface area contributed by atoms with E-state index in [1.54, 1.807) is 16.2 Å². The van der Waals surface area contributed by atoms with Gasteiger partial charge in [-0.3, -0.25) is 9.69 Å². The fourth-order valence-corrected chi connectivity index (χ4v) is 3.25. The number of anilines is 1. The molecule has 0 unspecified atom stereocenters. The van der Waals surface area contributed by atoms with E-state index in [-0.39, 0.29) is 24.3 Å². The van der Waals surface area contributed by atoms with Gasteiger partial charge < -0.3 is 10.2 Å². The standard InChI is InChI=1S/C16H18F3N5OS/c1-23(9-15(25)20-6-12-3-2-4-26-12)11-7-24(8-11)14-5-13(16(17,18)19)21-10-22-14/h2-5,10-11H,6-9H2,1H3,(H,20,25). The van der Waals surface area contributed by atoms with E-state index in [4.69, 9.17) is 0 Å². The molecule has 1 saturated heterocycles. The molecule has 0 atom stereocenters. The normalized spacial score (nSPS) is 15.2. The molecule has 1 N–H and O–H groups in total. The Labute approximate surface area is 152 Å². The van der Waals surface area contributed by atoms with Gasteiger partial charge in [-0.2, -0.15) is 13.2 Å². The number of alkyl halides is 3. The first kappa shape index (κ1) is 18.6. The third kappa shape index (κ3) is 4.50. The van der Waals surface area contributed by atoms with Crippen molar-refractivity contribution in [3.63, 3.8) is 0 Å². The fraction of sp³-hybridized carbons (Fsp3) is 0.438. The van der Waals surface area contributed by atoms with Crippen molar-refractivity contribution < 1.29 is 18.0 Å². The summed E-state index contributed by atoms with van der Waals surface area (Å²) in [6, 6.07) is 4.92. The van der Waals surface area contributed by atoms with E-state index in [0.29, 0.717) is 19.6 Å². The van der Waals surface area contributed by atoms with Crippen LogP contribution in [0.3, 0.4) is 0 Å². The minimum absolute atomic E-state index is 0.0826. The van der Waals surface area contributed by atoms with Crippen LogP contribution in [0.1, 0.15) is 10.6 Å². The van der Waals surface area contributed by atoms with Crippen LogP contribution in [-0.2, 0) is 17.5 Å². The lowest BCUT2D eigenvalue weighted by Crippen LogP contribution is -2.60. The molecular weight excluding hydrogens is 367 g/mol. The van der Waals surface area contributed by atoms with Gasteiger partial charge in [0.1, 0.15) is 17.8 Å². The smallest absolute Gasteiger partial charge is 0.353 e. The molecule has 0 saturated carbocycles. The number of nitrogens with one attached hydrogen (secondary N) is 1. The van der Waals surface area contributed by atoms with E-state index < -0.39 is 11.9 Å². The summed E-state index contributed by atoms with van der Waals surface area (Å²) in [5.41, 5.74) is -0.952. The highest BCUT2D eigenvalue weighted by Gasteiger charge is 2.36. The minimum Gasteiger partial charge on any atom is -0.353 e. The van der Waals surface area contributed by atoms with Gasteiger partial charge in [-0.25, -0.2) is 9.97 Å². The first-order valence-corrected chi connectivity index (χ1v) is 8.84. The average molecular weight is 385 g/mol. The molecule has 2 aromatic rings. The second-order valence-electron chi connectivity index (χ2n) is 6.09. The zero-order valence-corrected chi connectivity index (χ0v) is 14.8. The monoisotopic (exact) mass is 385 g/mol. The molecule has 0 aromatic carbocycles. The van der Waals surface area contributed by atoms with E-state index in [9.17, 15) is 18.0 Å². The Morgan fingerprint density at radius 1 is 1.42 bits per heavy atom. The Kier molecular flexibility index (Phi) is 5.42. The van der Waals surface area contributed by atoms with Crippen LogP contribution in [0.15, 0.2) is 29.9 Å². The molecule has 26 heavy (non-hydrogen) atoms. The minimum atomic E-state index is -4.49. The number of nitrogens with zero attached hydrogens (tertiary/aromatic N) is 4. The lowest BCUT2D eigenvalue weighted by Gasteiger charge is -2.44. The molecule has 3 rings (SSSR count). The van der Waals surface area contributed by atoms with Gasteiger partial charge in [0.2, 0.25) is 5.91 Å². The van der Waals surface area contributed by atoms with Gasteiger partial charge in [-0.15, -0.1) is 11.3 Å². The van der Waals surface area contributed by atoms with Gasteiger partial charge in [0.15, 0.2) is 0 Å². The van der Waals surface area contributed by atoms with E-state index >= 15 is 0 Å². The molecule has 0 bridgehead atoms. The van der Waals surface area contributed by atoms with Gasteiger partial charge in [-0.05, 0) is 18.5 Å². The first-order chi connectivity index (χ1) is 12.3. The molecule has 1 aliphatic rings. The van der Waals surface area contributed by atoms with Gasteiger partial charge in [0.05, 0.1) is 13.1 Å². The quantitative estimate of drug-likeness (QED) is 0.824. The van der Waals surface area contributed by atoms with Crippen LogP contribution in [-0.4, -0.2) is 53.5 Å². The van der Waals surface area contributed by atoms with Gasteiger partial charge in [0.25, 0.3) is 0 Å². The topological polar surface area (TPSA) is 61.4 Å². The van der Waals surface area contributed by atoms with Crippen LogP contribution < -0.4 is 10.2 Å². The summed E-state index contributed by atoms with van der Waals surface area (Å²) < 4.78 is 38.1. The highest BCUT2D eigenvalue weighted by molar-refractivity contribution is 7.09. The fourth-order valence-electron chi connectivity index (χ4n) is 2.61. The summed E-state index contributed by atoms with van der Waals surface area (Å²) in [5.74, 6) is 0.167. The number of carbonyl (C=O) groups excluding carboxylic acids is 1. The number of aromatic nitrogens is 2. The van der Waals surface area contributed by atoms with E-state index in [1.807, 2.05) is 29.5 Å². The van der Waals surface area contributed by atoms with Crippen molar-refractivity contribution in [2.75, 3.05) is 31.6 Å². The Morgan fingerprint density at radius 2 is 2.19 bits per heavy atom. The van der Waals surface area contributed by atoms with Gasteiger partial charge >= 0.3 is 6.18 Å². The molecule has 0 radical (unpaired) electrons. The molecular formula is C16H18F3N5OS. The van der Waals surface area contributed by atoms with Crippen molar-refractivity contribution in [1.82, 2.24) is 20.2 Å². The molecule has 1 fully saturated rings. The number of rotatable bonds is 6. The number of amides is 1. The number of carbonyl (C=O) groups is 1. The van der Waals surface area contributed by atoms with E-state index in [1.165, 1.54) is 0 Å². The van der Waals surface area contributed by atoms with Crippen molar-refractivity contribution >= 4 is 23.1 Å². The van der Waals surface area contributed by atoms with Crippen LogP contribution in [0.25, 0.3) is 0 Å². The highest BCUT2D eigenvalue weighted by Crippen LogP contribution is 2.30. The van der Waals surface area contributed by atoms with Crippen molar-refractivity contribution in [2.45, 2.75) is 18.8 Å². The molecule has 3 heterocycles. The SMILES string of the molecule is CN(CC(=O)NCc1cccs1)C1CN(c2cc(C(F)(F)F)ncn2)C1. The molecule has 2 aromatic heterocycles. The molecule has 1 amide bonds. The number of hydrogen-bond donors (Lipinski definition) is 1. The van der Waals surface area contributed by atoms with Crippen LogP contribution in [0.4, 0.5) is 19.0 Å². The molecule has 10 heteroatoms. The Bertz CT molecular complexity index is 747. The number of hydrogen-bond acceptors (Lipinski definition) is 6. The average Bonchev–Trinajstić information content (AvgIpc) is 3.04. The number of thiophene rings is 1. The Balaban J connectivity index is 1.46. The van der Waals surface area contributed by atoms with Crippen molar-refractivity contribution in [3.05, 3.63) is 40.5 Å². The second-order valence-corrected chi connectivity index (χ2v) is 7.12. The van der Waals surface area contributed by atoms with E-state index in [2.05, 4.69) is 15.3 Å². The lowest BCUT2D eigenvalue weighted by atomic mass is 10.1. The number of halogens is 3. The van der Waals surface area contributed by atoms with E-state index in [0.717, 1.165) is 17.3 Å². The summed E-state index contributed by atoms with van der Waals surface area (Å²) in [4.78, 5) is 23.9.